The van der Waals surface area contributed by atoms with Crippen molar-refractivity contribution in [3.05, 3.63) is 35.9 Å². The molecule has 0 unspecified atom stereocenters. The SMILES string of the molecule is CC(C)[Si](O[C@@H](Cc1ccccc1)C(=O)O)(C(C)C)C(C)C. The lowest BCUT2D eigenvalue weighted by molar-refractivity contribution is -0.145. The van der Waals surface area contributed by atoms with E-state index < -0.39 is 20.4 Å². The van der Waals surface area contributed by atoms with Gasteiger partial charge in [-0.3, -0.25) is 0 Å². The summed E-state index contributed by atoms with van der Waals surface area (Å²) in [5.41, 5.74) is 2.15. The summed E-state index contributed by atoms with van der Waals surface area (Å²) in [7, 11) is -2.19. The number of benzene rings is 1. The summed E-state index contributed by atoms with van der Waals surface area (Å²) in [6.07, 6.45) is -0.335. The van der Waals surface area contributed by atoms with Crippen molar-refractivity contribution in [3.8, 4) is 0 Å². The zero-order valence-electron chi connectivity index (χ0n) is 14.7. The molecule has 0 heterocycles. The summed E-state index contributed by atoms with van der Waals surface area (Å²) < 4.78 is 6.43. The predicted molar refractivity (Wildman–Crippen MR) is 93.7 cm³/mol. The fourth-order valence-corrected chi connectivity index (χ4v) is 9.16. The Labute approximate surface area is 135 Å². The maximum atomic E-state index is 11.7. The molecule has 1 aromatic carbocycles. The van der Waals surface area contributed by atoms with Crippen molar-refractivity contribution in [2.24, 2.45) is 0 Å². The van der Waals surface area contributed by atoms with E-state index in [9.17, 15) is 9.90 Å². The molecule has 1 aromatic rings. The van der Waals surface area contributed by atoms with Crippen LogP contribution in [0.15, 0.2) is 30.3 Å². The van der Waals surface area contributed by atoms with Gasteiger partial charge in [0, 0.05) is 6.42 Å². The Morgan fingerprint density at radius 3 is 1.82 bits per heavy atom. The molecule has 0 saturated heterocycles. The maximum Gasteiger partial charge on any atom is 0.331 e. The predicted octanol–water partition coefficient (Wildman–Crippen LogP) is 4.87. The fourth-order valence-electron chi connectivity index (χ4n) is 3.66. The molecule has 0 aromatic heterocycles. The van der Waals surface area contributed by atoms with Crippen LogP contribution in [0.2, 0.25) is 16.6 Å². The van der Waals surface area contributed by atoms with Crippen LogP contribution in [0.3, 0.4) is 0 Å². The quantitative estimate of drug-likeness (QED) is 0.694. The molecule has 1 N–H and O–H groups in total. The average Bonchev–Trinajstić information content (AvgIpc) is 2.42. The maximum absolute atomic E-state index is 11.7. The number of aliphatic carboxylic acids is 1. The van der Waals surface area contributed by atoms with Gasteiger partial charge in [0.2, 0.25) is 8.32 Å². The molecular weight excluding hydrogens is 292 g/mol. The molecule has 124 valence electrons. The van der Waals surface area contributed by atoms with Crippen molar-refractivity contribution < 1.29 is 14.3 Å². The second-order valence-corrected chi connectivity index (χ2v) is 12.4. The zero-order chi connectivity index (χ0) is 16.9. The standard InChI is InChI=1S/C18H30O3Si/c1-13(2)22(14(3)4,15(5)6)21-17(18(19)20)12-16-10-8-7-9-11-16/h7-11,13-15,17H,12H2,1-6H3,(H,19,20)/t17-/m0/s1. The van der Waals surface area contributed by atoms with E-state index in [1.54, 1.807) is 0 Å². The van der Waals surface area contributed by atoms with Gasteiger partial charge in [-0.2, -0.15) is 0 Å². The Kier molecular flexibility index (Phi) is 6.82. The lowest BCUT2D eigenvalue weighted by Crippen LogP contribution is -2.52. The summed E-state index contributed by atoms with van der Waals surface area (Å²) in [5, 5.41) is 9.64. The first-order chi connectivity index (χ1) is 10.2. The van der Waals surface area contributed by atoms with Crippen LogP contribution < -0.4 is 0 Å². The molecule has 0 aliphatic rings. The molecule has 4 heteroatoms. The number of carbonyl (C=O) groups is 1. The molecule has 3 nitrogen and oxygen atoms in total. The Bertz CT molecular complexity index is 447. The van der Waals surface area contributed by atoms with Gasteiger partial charge >= 0.3 is 5.97 Å². The highest BCUT2D eigenvalue weighted by atomic mass is 28.4. The van der Waals surface area contributed by atoms with Crippen molar-refractivity contribution in [2.75, 3.05) is 0 Å². The first-order valence-electron chi connectivity index (χ1n) is 8.16. The smallest absolute Gasteiger partial charge is 0.331 e. The first-order valence-corrected chi connectivity index (χ1v) is 10.3. The van der Waals surface area contributed by atoms with Gasteiger partial charge in [0.15, 0.2) is 0 Å². The number of hydrogen-bond acceptors (Lipinski definition) is 2. The number of carboxylic acids is 1. The molecule has 22 heavy (non-hydrogen) atoms. The van der Waals surface area contributed by atoms with Gasteiger partial charge in [-0.1, -0.05) is 71.9 Å². The van der Waals surface area contributed by atoms with Gasteiger partial charge in [0.25, 0.3) is 0 Å². The van der Waals surface area contributed by atoms with E-state index in [0.29, 0.717) is 23.0 Å². The molecule has 0 radical (unpaired) electrons. The monoisotopic (exact) mass is 322 g/mol. The van der Waals surface area contributed by atoms with E-state index in [0.717, 1.165) is 5.56 Å². The summed E-state index contributed by atoms with van der Waals surface area (Å²) in [4.78, 5) is 11.7. The summed E-state index contributed by atoms with van der Waals surface area (Å²) in [6, 6.07) is 9.74. The number of hydrogen-bond donors (Lipinski definition) is 1. The molecule has 1 atom stereocenters. The van der Waals surface area contributed by atoms with E-state index in [2.05, 4.69) is 41.5 Å². The Morgan fingerprint density at radius 2 is 1.45 bits per heavy atom. The minimum atomic E-state index is -2.19. The summed E-state index contributed by atoms with van der Waals surface area (Å²) in [5.74, 6) is -0.859. The second-order valence-electron chi connectivity index (χ2n) is 6.95. The van der Waals surface area contributed by atoms with Crippen LogP contribution in [0.4, 0.5) is 0 Å². The highest BCUT2D eigenvalue weighted by molar-refractivity contribution is 6.77. The molecule has 1 rings (SSSR count). The van der Waals surface area contributed by atoms with Gasteiger partial charge in [0.05, 0.1) is 0 Å². The minimum Gasteiger partial charge on any atom is -0.479 e. The molecule has 0 aliphatic heterocycles. The zero-order valence-corrected chi connectivity index (χ0v) is 15.7. The van der Waals surface area contributed by atoms with Crippen molar-refractivity contribution >= 4 is 14.3 Å². The largest absolute Gasteiger partial charge is 0.479 e. The van der Waals surface area contributed by atoms with Crippen molar-refractivity contribution in [1.29, 1.82) is 0 Å². The van der Waals surface area contributed by atoms with Crippen LogP contribution in [-0.4, -0.2) is 25.5 Å². The van der Waals surface area contributed by atoms with Crippen molar-refractivity contribution in [3.63, 3.8) is 0 Å². The molecule has 0 fully saturated rings. The normalized spacial score (nSPS) is 13.9. The van der Waals surface area contributed by atoms with E-state index in [1.807, 2.05) is 30.3 Å². The van der Waals surface area contributed by atoms with Crippen molar-refractivity contribution in [2.45, 2.75) is 70.7 Å². The van der Waals surface area contributed by atoms with Crippen LogP contribution in [-0.2, 0) is 15.6 Å². The van der Waals surface area contributed by atoms with Gasteiger partial charge in [0.1, 0.15) is 6.10 Å². The number of carboxylic acid groups (broad SMARTS) is 1. The molecule has 0 aliphatic carbocycles. The average molecular weight is 323 g/mol. The highest BCUT2D eigenvalue weighted by Gasteiger charge is 2.47. The third-order valence-electron chi connectivity index (χ3n) is 4.59. The van der Waals surface area contributed by atoms with Crippen LogP contribution in [0, 0.1) is 0 Å². The Morgan fingerprint density at radius 1 is 1.00 bits per heavy atom. The van der Waals surface area contributed by atoms with Gasteiger partial charge < -0.3 is 9.53 Å². The topological polar surface area (TPSA) is 46.5 Å². The van der Waals surface area contributed by atoms with E-state index in [-0.39, 0.29) is 0 Å². The summed E-state index contributed by atoms with van der Waals surface area (Å²) in [6.45, 7) is 13.0. The van der Waals surface area contributed by atoms with Gasteiger partial charge in [-0.25, -0.2) is 4.79 Å². The fraction of sp³-hybridized carbons (Fsp3) is 0.611. The van der Waals surface area contributed by atoms with E-state index in [4.69, 9.17) is 4.43 Å². The lowest BCUT2D eigenvalue weighted by atomic mass is 10.1. The van der Waals surface area contributed by atoms with Gasteiger partial charge in [-0.15, -0.1) is 0 Å². The summed E-state index contributed by atoms with van der Waals surface area (Å²) >= 11 is 0. The molecule has 0 bridgehead atoms. The van der Waals surface area contributed by atoms with Gasteiger partial charge in [-0.05, 0) is 22.2 Å². The third kappa shape index (κ3) is 4.20. The van der Waals surface area contributed by atoms with Crippen LogP contribution in [0.25, 0.3) is 0 Å². The van der Waals surface area contributed by atoms with E-state index in [1.165, 1.54) is 0 Å². The Balaban J connectivity index is 3.07. The molecular formula is C18H30O3Si. The molecule has 0 amide bonds. The van der Waals surface area contributed by atoms with Crippen LogP contribution in [0.5, 0.6) is 0 Å². The van der Waals surface area contributed by atoms with Crippen LogP contribution >= 0.6 is 0 Å². The lowest BCUT2D eigenvalue weighted by Gasteiger charge is -2.43. The third-order valence-corrected chi connectivity index (χ3v) is 10.7. The first kappa shape index (κ1) is 18.9. The van der Waals surface area contributed by atoms with Crippen molar-refractivity contribution in [1.82, 2.24) is 0 Å². The van der Waals surface area contributed by atoms with Crippen LogP contribution in [0.1, 0.15) is 47.1 Å². The highest BCUT2D eigenvalue weighted by Crippen LogP contribution is 2.43. The minimum absolute atomic E-state index is 0.380. The molecule has 0 saturated carbocycles. The number of rotatable bonds is 8. The molecule has 0 spiro atoms. The van der Waals surface area contributed by atoms with E-state index >= 15 is 0 Å². The second kappa shape index (κ2) is 7.93. The Hall–Kier alpha value is -1.13.